The third-order valence-electron chi connectivity index (χ3n) is 3.96. The van der Waals surface area contributed by atoms with E-state index in [1.165, 1.54) is 5.56 Å². The highest BCUT2D eigenvalue weighted by atomic mass is 16.5. The second-order valence-electron chi connectivity index (χ2n) is 5.48. The maximum Gasteiger partial charge on any atom is 0.335 e. The lowest BCUT2D eigenvalue weighted by Gasteiger charge is -2.28. The Kier molecular flexibility index (Phi) is 4.39. The molecule has 0 bridgehead atoms. The van der Waals surface area contributed by atoms with Crippen LogP contribution in [-0.4, -0.2) is 35.7 Å². The molecule has 0 aromatic heterocycles. The van der Waals surface area contributed by atoms with Crippen LogP contribution in [0.4, 0.5) is 0 Å². The first-order chi connectivity index (χ1) is 10.7. The Morgan fingerprint density at radius 3 is 2.73 bits per heavy atom. The van der Waals surface area contributed by atoms with Gasteiger partial charge in [0, 0.05) is 19.6 Å². The zero-order valence-electron chi connectivity index (χ0n) is 12.4. The molecule has 0 saturated heterocycles. The number of carbonyl (C=O) groups is 1. The fraction of sp³-hybridized carbons (Fsp3) is 0.278. The van der Waals surface area contributed by atoms with Crippen molar-refractivity contribution < 1.29 is 14.6 Å². The fourth-order valence-electron chi connectivity index (χ4n) is 2.74. The topological polar surface area (TPSA) is 49.8 Å². The van der Waals surface area contributed by atoms with Gasteiger partial charge >= 0.3 is 5.97 Å². The van der Waals surface area contributed by atoms with Gasteiger partial charge in [0.2, 0.25) is 0 Å². The van der Waals surface area contributed by atoms with Crippen LogP contribution in [0.3, 0.4) is 0 Å². The molecule has 0 fully saturated rings. The molecular formula is C18H19NO3. The van der Waals surface area contributed by atoms with Crippen LogP contribution in [-0.2, 0) is 13.0 Å². The molecule has 0 radical (unpaired) electrons. The van der Waals surface area contributed by atoms with Crippen LogP contribution in [0.15, 0.2) is 48.5 Å². The molecule has 2 aromatic rings. The van der Waals surface area contributed by atoms with Gasteiger partial charge in [0.05, 0.1) is 5.56 Å². The van der Waals surface area contributed by atoms with Crippen molar-refractivity contribution in [3.63, 3.8) is 0 Å². The van der Waals surface area contributed by atoms with Gasteiger partial charge in [-0.2, -0.15) is 0 Å². The minimum absolute atomic E-state index is 0.375. The number of aromatic carboxylic acids is 1. The summed E-state index contributed by atoms with van der Waals surface area (Å²) in [7, 11) is 0. The number of fused-ring (bicyclic) bond motifs is 1. The summed E-state index contributed by atoms with van der Waals surface area (Å²) in [4.78, 5) is 13.3. The maximum absolute atomic E-state index is 11.0. The Labute approximate surface area is 130 Å². The standard InChI is InChI=1S/C18H19NO3/c20-18(21)15-6-7-16-13-19(9-8-14(16)12-15)10-11-22-17-4-2-1-3-5-17/h1-7,12H,8-11,13H2,(H,20,21). The highest BCUT2D eigenvalue weighted by Gasteiger charge is 2.17. The molecule has 4 nitrogen and oxygen atoms in total. The van der Waals surface area contributed by atoms with Crippen molar-refractivity contribution in [1.82, 2.24) is 4.90 Å². The minimum atomic E-state index is -0.860. The predicted molar refractivity (Wildman–Crippen MR) is 84.3 cm³/mol. The SMILES string of the molecule is O=C(O)c1ccc2c(c1)CCN(CCOc1ccccc1)C2. The van der Waals surface area contributed by atoms with E-state index < -0.39 is 5.97 Å². The Bertz CT molecular complexity index is 655. The minimum Gasteiger partial charge on any atom is -0.492 e. The summed E-state index contributed by atoms with van der Waals surface area (Å²) in [5, 5.41) is 9.04. The van der Waals surface area contributed by atoms with Crippen LogP contribution in [0.25, 0.3) is 0 Å². The van der Waals surface area contributed by atoms with E-state index in [4.69, 9.17) is 9.84 Å². The normalized spacial score (nSPS) is 14.4. The summed E-state index contributed by atoms with van der Waals surface area (Å²) in [6.07, 6.45) is 0.891. The van der Waals surface area contributed by atoms with E-state index in [0.29, 0.717) is 12.2 Å². The molecule has 0 atom stereocenters. The van der Waals surface area contributed by atoms with Crippen LogP contribution in [0.5, 0.6) is 5.75 Å². The molecule has 0 spiro atoms. The summed E-state index contributed by atoms with van der Waals surface area (Å²) in [5.41, 5.74) is 2.75. The first-order valence-corrected chi connectivity index (χ1v) is 7.48. The number of hydrogen-bond acceptors (Lipinski definition) is 3. The Balaban J connectivity index is 1.55. The molecule has 22 heavy (non-hydrogen) atoms. The van der Waals surface area contributed by atoms with Crippen molar-refractivity contribution in [2.24, 2.45) is 0 Å². The van der Waals surface area contributed by atoms with Crippen molar-refractivity contribution >= 4 is 5.97 Å². The lowest BCUT2D eigenvalue weighted by atomic mass is 9.97. The highest BCUT2D eigenvalue weighted by Crippen LogP contribution is 2.20. The maximum atomic E-state index is 11.0. The zero-order chi connectivity index (χ0) is 15.4. The van der Waals surface area contributed by atoms with Crippen molar-refractivity contribution in [3.05, 3.63) is 65.2 Å². The third-order valence-corrected chi connectivity index (χ3v) is 3.96. The van der Waals surface area contributed by atoms with E-state index >= 15 is 0 Å². The Morgan fingerprint density at radius 1 is 1.14 bits per heavy atom. The summed E-state index contributed by atoms with van der Waals surface area (Å²) < 4.78 is 5.73. The van der Waals surface area contributed by atoms with Gasteiger partial charge in [-0.05, 0) is 41.8 Å². The molecule has 1 aliphatic rings. The average Bonchev–Trinajstić information content (AvgIpc) is 2.55. The molecule has 4 heteroatoms. The lowest BCUT2D eigenvalue weighted by molar-refractivity contribution is 0.0696. The molecule has 1 aliphatic heterocycles. The monoisotopic (exact) mass is 297 g/mol. The number of ether oxygens (including phenoxy) is 1. The van der Waals surface area contributed by atoms with Crippen LogP contribution in [0.1, 0.15) is 21.5 Å². The second kappa shape index (κ2) is 6.62. The van der Waals surface area contributed by atoms with E-state index in [9.17, 15) is 4.79 Å². The number of nitrogens with zero attached hydrogens (tertiary/aromatic N) is 1. The van der Waals surface area contributed by atoms with E-state index in [0.717, 1.165) is 37.4 Å². The van der Waals surface area contributed by atoms with Gasteiger partial charge in [0.25, 0.3) is 0 Å². The van der Waals surface area contributed by atoms with Crippen LogP contribution < -0.4 is 4.74 Å². The van der Waals surface area contributed by atoms with Crippen LogP contribution in [0.2, 0.25) is 0 Å². The summed E-state index contributed by atoms with van der Waals surface area (Å²) in [6, 6.07) is 15.2. The first-order valence-electron chi connectivity index (χ1n) is 7.48. The molecular weight excluding hydrogens is 278 g/mol. The molecule has 1 N–H and O–H groups in total. The number of carboxylic acid groups (broad SMARTS) is 1. The van der Waals surface area contributed by atoms with Crippen LogP contribution in [0, 0.1) is 0 Å². The second-order valence-corrected chi connectivity index (χ2v) is 5.48. The third kappa shape index (κ3) is 3.46. The smallest absolute Gasteiger partial charge is 0.335 e. The average molecular weight is 297 g/mol. The largest absolute Gasteiger partial charge is 0.492 e. The Morgan fingerprint density at radius 2 is 1.95 bits per heavy atom. The van der Waals surface area contributed by atoms with Crippen molar-refractivity contribution in [2.75, 3.05) is 19.7 Å². The summed E-state index contributed by atoms with van der Waals surface area (Å²) in [5.74, 6) is 0.0347. The molecule has 114 valence electrons. The molecule has 0 amide bonds. The zero-order valence-corrected chi connectivity index (χ0v) is 12.4. The molecule has 0 saturated carbocycles. The number of rotatable bonds is 5. The fourth-order valence-corrected chi connectivity index (χ4v) is 2.74. The van der Waals surface area contributed by atoms with Gasteiger partial charge in [0.15, 0.2) is 0 Å². The number of benzene rings is 2. The van der Waals surface area contributed by atoms with Gasteiger partial charge in [-0.15, -0.1) is 0 Å². The van der Waals surface area contributed by atoms with Gasteiger partial charge in [-0.1, -0.05) is 24.3 Å². The van der Waals surface area contributed by atoms with Gasteiger partial charge in [-0.3, -0.25) is 4.90 Å². The quantitative estimate of drug-likeness (QED) is 0.922. The van der Waals surface area contributed by atoms with Gasteiger partial charge in [-0.25, -0.2) is 4.79 Å². The summed E-state index contributed by atoms with van der Waals surface area (Å²) >= 11 is 0. The van der Waals surface area contributed by atoms with E-state index in [1.54, 1.807) is 12.1 Å². The summed E-state index contributed by atoms with van der Waals surface area (Å²) in [6.45, 7) is 3.32. The van der Waals surface area contributed by atoms with Gasteiger partial charge < -0.3 is 9.84 Å². The predicted octanol–water partition coefficient (Wildman–Crippen LogP) is 2.82. The van der Waals surface area contributed by atoms with E-state index in [2.05, 4.69) is 4.90 Å². The van der Waals surface area contributed by atoms with Gasteiger partial charge in [0.1, 0.15) is 12.4 Å². The van der Waals surface area contributed by atoms with Crippen LogP contribution >= 0.6 is 0 Å². The van der Waals surface area contributed by atoms with Crippen molar-refractivity contribution in [3.8, 4) is 5.75 Å². The van der Waals surface area contributed by atoms with Crippen molar-refractivity contribution in [2.45, 2.75) is 13.0 Å². The molecule has 1 heterocycles. The lowest BCUT2D eigenvalue weighted by Crippen LogP contribution is -2.33. The van der Waals surface area contributed by atoms with Crippen molar-refractivity contribution in [1.29, 1.82) is 0 Å². The highest BCUT2D eigenvalue weighted by molar-refractivity contribution is 5.87. The first kappa shape index (κ1) is 14.6. The van der Waals surface area contributed by atoms with E-state index in [-0.39, 0.29) is 0 Å². The molecule has 0 unspecified atom stereocenters. The number of carboxylic acids is 1. The number of hydrogen-bond donors (Lipinski definition) is 1. The molecule has 2 aromatic carbocycles. The number of para-hydroxylation sites is 1. The molecule has 0 aliphatic carbocycles. The molecule has 3 rings (SSSR count). The van der Waals surface area contributed by atoms with E-state index in [1.807, 2.05) is 36.4 Å². The Hall–Kier alpha value is -2.33.